The molecule has 0 saturated carbocycles. The average Bonchev–Trinajstić information content (AvgIpc) is 2.96. The van der Waals surface area contributed by atoms with E-state index in [2.05, 4.69) is 0 Å². The first-order chi connectivity index (χ1) is 10.1. The van der Waals surface area contributed by atoms with Gasteiger partial charge in [-0.25, -0.2) is 4.79 Å². The van der Waals surface area contributed by atoms with E-state index < -0.39 is 6.04 Å². The number of esters is 1. The van der Waals surface area contributed by atoms with Gasteiger partial charge in [-0.3, -0.25) is 4.79 Å². The molecule has 0 N–H and O–H groups in total. The Labute approximate surface area is 128 Å². The summed E-state index contributed by atoms with van der Waals surface area (Å²) in [6.45, 7) is 2.59. The topological polar surface area (TPSA) is 55.8 Å². The number of halogens is 1. The Morgan fingerprint density at radius 3 is 2.86 bits per heavy atom. The molecule has 1 amide bonds. The van der Waals surface area contributed by atoms with Crippen molar-refractivity contribution in [3.05, 3.63) is 28.8 Å². The number of amides is 1. The molecule has 0 spiro atoms. The lowest BCUT2D eigenvalue weighted by atomic mass is 10.1. The molecular weight excluding hydrogens is 294 g/mol. The summed E-state index contributed by atoms with van der Waals surface area (Å²) in [6, 6.07) is 4.32. The van der Waals surface area contributed by atoms with Crippen molar-refractivity contribution < 1.29 is 19.1 Å². The predicted molar refractivity (Wildman–Crippen MR) is 78.7 cm³/mol. The fraction of sp³-hybridized carbons (Fsp3) is 0.467. The molecule has 1 aromatic rings. The van der Waals surface area contributed by atoms with Crippen LogP contribution in [0.5, 0.6) is 5.75 Å². The van der Waals surface area contributed by atoms with E-state index in [4.69, 9.17) is 21.1 Å². The number of hydrogen-bond acceptors (Lipinski definition) is 4. The van der Waals surface area contributed by atoms with Crippen LogP contribution in [0.2, 0.25) is 5.02 Å². The number of carbonyl (C=O) groups is 2. The largest absolute Gasteiger partial charge is 0.496 e. The van der Waals surface area contributed by atoms with Gasteiger partial charge in [0.1, 0.15) is 11.8 Å². The van der Waals surface area contributed by atoms with Crippen LogP contribution in [0.25, 0.3) is 0 Å². The van der Waals surface area contributed by atoms with E-state index in [1.807, 2.05) is 0 Å². The predicted octanol–water partition coefficient (Wildman–Crippen LogP) is 2.52. The van der Waals surface area contributed by atoms with Crippen LogP contribution in [0.1, 0.15) is 30.1 Å². The highest BCUT2D eigenvalue weighted by Crippen LogP contribution is 2.28. The van der Waals surface area contributed by atoms with Crippen molar-refractivity contribution in [3.8, 4) is 5.75 Å². The van der Waals surface area contributed by atoms with Crippen LogP contribution in [0.4, 0.5) is 0 Å². The third-order valence-corrected chi connectivity index (χ3v) is 3.70. The van der Waals surface area contributed by atoms with Crippen molar-refractivity contribution in [1.29, 1.82) is 0 Å². The molecule has 1 aliphatic rings. The Morgan fingerprint density at radius 1 is 1.43 bits per heavy atom. The highest BCUT2D eigenvalue weighted by Gasteiger charge is 2.36. The van der Waals surface area contributed by atoms with Crippen LogP contribution in [0, 0.1) is 0 Å². The molecule has 5 nitrogen and oxygen atoms in total. The van der Waals surface area contributed by atoms with Gasteiger partial charge < -0.3 is 14.4 Å². The molecule has 114 valence electrons. The molecule has 1 fully saturated rings. The number of methoxy groups -OCH3 is 1. The zero-order valence-corrected chi connectivity index (χ0v) is 12.9. The number of hydrogen-bond donors (Lipinski definition) is 0. The number of nitrogens with zero attached hydrogens (tertiary/aromatic N) is 1. The van der Waals surface area contributed by atoms with Crippen LogP contribution in [0.3, 0.4) is 0 Å². The number of likely N-dealkylation sites (tertiary alicyclic amines) is 1. The second-order valence-electron chi connectivity index (χ2n) is 4.75. The van der Waals surface area contributed by atoms with Gasteiger partial charge in [-0.15, -0.1) is 0 Å². The summed E-state index contributed by atoms with van der Waals surface area (Å²) in [5.41, 5.74) is 0.401. The minimum Gasteiger partial charge on any atom is -0.496 e. The smallest absolute Gasteiger partial charge is 0.328 e. The van der Waals surface area contributed by atoms with Crippen molar-refractivity contribution in [2.24, 2.45) is 0 Å². The molecule has 2 rings (SSSR count). The van der Waals surface area contributed by atoms with Crippen molar-refractivity contribution >= 4 is 23.5 Å². The van der Waals surface area contributed by atoms with Gasteiger partial charge in [0, 0.05) is 11.6 Å². The summed E-state index contributed by atoms with van der Waals surface area (Å²) in [7, 11) is 1.48. The van der Waals surface area contributed by atoms with Gasteiger partial charge in [0.2, 0.25) is 0 Å². The highest BCUT2D eigenvalue weighted by atomic mass is 35.5. The first-order valence-corrected chi connectivity index (χ1v) is 7.27. The maximum Gasteiger partial charge on any atom is 0.328 e. The summed E-state index contributed by atoms with van der Waals surface area (Å²) >= 11 is 5.90. The molecule has 0 aliphatic carbocycles. The third kappa shape index (κ3) is 3.29. The Balaban J connectivity index is 2.24. The molecule has 1 saturated heterocycles. The maximum atomic E-state index is 12.7. The number of carbonyl (C=O) groups excluding carboxylic acids is 2. The fourth-order valence-electron chi connectivity index (χ4n) is 2.49. The number of ether oxygens (including phenoxy) is 2. The second kappa shape index (κ2) is 6.80. The minimum absolute atomic E-state index is 0.237. The summed E-state index contributed by atoms with van der Waals surface area (Å²) < 4.78 is 10.2. The van der Waals surface area contributed by atoms with Gasteiger partial charge >= 0.3 is 5.97 Å². The molecule has 21 heavy (non-hydrogen) atoms. The molecule has 1 atom stereocenters. The quantitative estimate of drug-likeness (QED) is 0.802. The standard InChI is InChI=1S/C15H18ClNO4/c1-3-21-15(19)12-5-4-8-17(12)14(18)11-7-6-10(16)9-13(11)20-2/h6-7,9,12H,3-5,8H2,1-2H3. The summed E-state index contributed by atoms with van der Waals surface area (Å²) in [6.07, 6.45) is 1.41. The highest BCUT2D eigenvalue weighted by molar-refractivity contribution is 6.30. The lowest BCUT2D eigenvalue weighted by Gasteiger charge is -2.24. The molecule has 0 bridgehead atoms. The van der Waals surface area contributed by atoms with Crippen LogP contribution in [-0.4, -0.2) is 43.1 Å². The second-order valence-corrected chi connectivity index (χ2v) is 5.19. The van der Waals surface area contributed by atoms with E-state index in [0.29, 0.717) is 35.9 Å². The Bertz CT molecular complexity index is 546. The van der Waals surface area contributed by atoms with E-state index in [9.17, 15) is 9.59 Å². The summed E-state index contributed by atoms with van der Waals surface area (Å²) in [5, 5.41) is 0.492. The van der Waals surface area contributed by atoms with E-state index >= 15 is 0 Å². The van der Waals surface area contributed by atoms with Gasteiger partial charge in [0.15, 0.2) is 0 Å². The zero-order chi connectivity index (χ0) is 15.4. The molecule has 0 radical (unpaired) electrons. The Hall–Kier alpha value is -1.75. The van der Waals surface area contributed by atoms with Crippen molar-refractivity contribution in [2.45, 2.75) is 25.8 Å². The summed E-state index contributed by atoms with van der Waals surface area (Å²) in [4.78, 5) is 26.1. The lowest BCUT2D eigenvalue weighted by Crippen LogP contribution is -2.41. The maximum absolute atomic E-state index is 12.7. The van der Waals surface area contributed by atoms with Crippen LogP contribution >= 0.6 is 11.6 Å². The molecule has 6 heteroatoms. The van der Waals surface area contributed by atoms with E-state index in [1.54, 1.807) is 30.0 Å². The molecule has 1 unspecified atom stereocenters. The number of benzene rings is 1. The average molecular weight is 312 g/mol. The van der Waals surface area contributed by atoms with Crippen LogP contribution in [0.15, 0.2) is 18.2 Å². The van der Waals surface area contributed by atoms with Crippen molar-refractivity contribution in [1.82, 2.24) is 4.90 Å². The van der Waals surface area contributed by atoms with Crippen LogP contribution in [-0.2, 0) is 9.53 Å². The zero-order valence-electron chi connectivity index (χ0n) is 12.1. The van der Waals surface area contributed by atoms with E-state index in [-0.39, 0.29) is 11.9 Å². The first-order valence-electron chi connectivity index (χ1n) is 6.89. The lowest BCUT2D eigenvalue weighted by molar-refractivity contribution is -0.147. The molecule has 0 aromatic heterocycles. The van der Waals surface area contributed by atoms with Gasteiger partial charge in [0.05, 0.1) is 19.3 Å². The SMILES string of the molecule is CCOC(=O)C1CCCN1C(=O)c1ccc(Cl)cc1OC. The van der Waals surface area contributed by atoms with E-state index in [1.165, 1.54) is 7.11 Å². The molecule has 1 heterocycles. The van der Waals surface area contributed by atoms with Gasteiger partial charge in [-0.2, -0.15) is 0 Å². The minimum atomic E-state index is -0.516. The van der Waals surface area contributed by atoms with Gasteiger partial charge in [0.25, 0.3) is 5.91 Å². The van der Waals surface area contributed by atoms with Crippen LogP contribution < -0.4 is 4.74 Å². The molecule has 1 aromatic carbocycles. The third-order valence-electron chi connectivity index (χ3n) is 3.47. The Kier molecular flexibility index (Phi) is 5.07. The normalized spacial score (nSPS) is 17.7. The first kappa shape index (κ1) is 15.6. The van der Waals surface area contributed by atoms with E-state index in [0.717, 1.165) is 6.42 Å². The van der Waals surface area contributed by atoms with Crippen molar-refractivity contribution in [3.63, 3.8) is 0 Å². The fourth-order valence-corrected chi connectivity index (χ4v) is 2.65. The number of rotatable bonds is 4. The van der Waals surface area contributed by atoms with Gasteiger partial charge in [-0.1, -0.05) is 11.6 Å². The Morgan fingerprint density at radius 2 is 2.19 bits per heavy atom. The summed E-state index contributed by atoms with van der Waals surface area (Å²) in [5.74, 6) is -0.183. The monoisotopic (exact) mass is 311 g/mol. The van der Waals surface area contributed by atoms with Gasteiger partial charge in [-0.05, 0) is 38.0 Å². The molecular formula is C15H18ClNO4. The molecule has 1 aliphatic heterocycles. The van der Waals surface area contributed by atoms with Crippen molar-refractivity contribution in [2.75, 3.05) is 20.3 Å².